The van der Waals surface area contributed by atoms with Crippen molar-refractivity contribution in [2.24, 2.45) is 0 Å². The van der Waals surface area contributed by atoms with Gasteiger partial charge >= 0.3 is 27.9 Å². The molecule has 0 atom stereocenters. The van der Waals surface area contributed by atoms with Gasteiger partial charge in [-0.2, -0.15) is 0 Å². The van der Waals surface area contributed by atoms with Crippen molar-refractivity contribution < 1.29 is 0 Å². The van der Waals surface area contributed by atoms with Crippen LogP contribution in [-0.2, 0) is 0 Å². The molecule has 0 bridgehead atoms. The molecule has 0 radical (unpaired) electrons. The summed E-state index contributed by atoms with van der Waals surface area (Å²) in [5.74, 6) is 9.49. The maximum atomic E-state index is 2.62. The van der Waals surface area contributed by atoms with Crippen LogP contribution in [0.25, 0.3) is 72.0 Å². The Morgan fingerprint density at radius 2 is 0.730 bits per heavy atom. The summed E-state index contributed by atoms with van der Waals surface area (Å²) in [6, 6.07) is 73.2. The second kappa shape index (κ2) is 17.1. The average Bonchev–Trinajstić information content (AvgIpc) is 3.81. The standard InChI is InChI=1S/C64H47B4N5Si/c1-3-21-49(22-4-1)74(50-23-5-2-6-24-50,52-37-41-68-71-44-19-16-39-66(71)69-42-18-15-38-65(69)70-43-20-17-40-67(70)72(68)47-52)51-34-36-58-53-25-7-9-27-55(53)61-45-48(33-35-57(61)54-26-8-10-28-56(54)62(58)46-51)73-63-31-13-11-29-59(63)60-30-12-14-32-64(60)73/h1-47H. The molecule has 6 heterocycles. The van der Waals surface area contributed by atoms with E-state index in [1.165, 1.54) is 87.1 Å². The molecule has 0 unspecified atom stereocenters. The van der Waals surface area contributed by atoms with Gasteiger partial charge in [0.05, 0.1) is 11.0 Å². The lowest BCUT2D eigenvalue weighted by Crippen LogP contribution is -2.74. The van der Waals surface area contributed by atoms with E-state index in [9.17, 15) is 0 Å². The van der Waals surface area contributed by atoms with Crippen LogP contribution in [0.2, 0.25) is 0 Å². The zero-order valence-electron chi connectivity index (χ0n) is 40.7. The molecule has 344 valence electrons. The minimum Gasteiger partial charge on any atom is -0.423 e. The van der Waals surface area contributed by atoms with E-state index in [0.29, 0.717) is 0 Å². The lowest BCUT2D eigenvalue weighted by Gasteiger charge is -2.54. The van der Waals surface area contributed by atoms with Gasteiger partial charge in [-0.25, -0.2) is 0 Å². The van der Waals surface area contributed by atoms with Crippen LogP contribution in [0.1, 0.15) is 0 Å². The fourth-order valence-corrected chi connectivity index (χ4v) is 17.9. The normalized spacial score (nSPS) is 15.9. The molecular weight excluding hydrogens is 910 g/mol. The maximum absolute atomic E-state index is 3.14. The predicted octanol–water partition coefficient (Wildman–Crippen LogP) is 11.8. The summed E-state index contributed by atoms with van der Waals surface area (Å²) >= 11 is 0. The number of para-hydroxylation sites is 2. The first kappa shape index (κ1) is 42.8. The number of hydrogen-bond acceptors (Lipinski definition) is 4. The molecule has 1 fully saturated rings. The SMILES string of the molecule is C1=CB2N(C=C1)B1C=CC=CN1B1C=CC([Si](c3ccccc3)(c3ccccc3)c3ccc4c(c3)-c3ccccc3-c3ccc(-n5c6ccccc6c6ccccc65)cc3-c3ccccc3-4)=CN1B1C=CC=CN21. The molecule has 1 saturated heterocycles. The van der Waals surface area contributed by atoms with Gasteiger partial charge in [0.2, 0.25) is 0 Å². The van der Waals surface area contributed by atoms with Gasteiger partial charge in [0.15, 0.2) is 8.07 Å². The van der Waals surface area contributed by atoms with Crippen molar-refractivity contribution in [2.45, 2.75) is 0 Å². The number of benzene rings is 8. The molecule has 1 aliphatic carbocycles. The van der Waals surface area contributed by atoms with E-state index in [0.717, 1.165) is 5.69 Å². The topological polar surface area (TPSA) is 17.9 Å². The highest BCUT2D eigenvalue weighted by atomic mass is 28.3. The molecule has 8 aromatic carbocycles. The van der Waals surface area contributed by atoms with E-state index in [2.05, 4.69) is 309 Å². The molecule has 0 saturated carbocycles. The largest absolute Gasteiger partial charge is 0.423 e. The van der Waals surface area contributed by atoms with Crippen molar-refractivity contribution in [2.75, 3.05) is 0 Å². The number of rotatable bonds is 5. The van der Waals surface area contributed by atoms with Crippen molar-refractivity contribution >= 4 is 73.4 Å². The zero-order chi connectivity index (χ0) is 48.7. The van der Waals surface area contributed by atoms with Gasteiger partial charge < -0.3 is 23.5 Å². The van der Waals surface area contributed by atoms with Crippen LogP contribution in [0.15, 0.2) is 291 Å². The number of nitrogens with zero attached hydrogens (tertiary/aromatic N) is 5. The van der Waals surface area contributed by atoms with E-state index < -0.39 is 8.07 Å². The second-order valence-corrected chi connectivity index (χ2v) is 23.8. The van der Waals surface area contributed by atoms with E-state index >= 15 is 0 Å². The van der Waals surface area contributed by atoms with Crippen LogP contribution < -0.4 is 15.6 Å². The Morgan fingerprint density at radius 1 is 0.311 bits per heavy atom. The molecule has 74 heavy (non-hydrogen) atoms. The number of aromatic nitrogens is 1. The average molecular weight is 957 g/mol. The lowest BCUT2D eigenvalue weighted by molar-refractivity contribution is 0.621. The lowest BCUT2D eigenvalue weighted by atomic mass is 9.42. The molecule has 15 rings (SSSR count). The fourth-order valence-electron chi connectivity index (χ4n) is 13.1. The Balaban J connectivity index is 0.954. The third-order valence-electron chi connectivity index (χ3n) is 16.3. The van der Waals surface area contributed by atoms with Gasteiger partial charge in [0.1, 0.15) is 0 Å². The Morgan fingerprint density at radius 3 is 1.27 bits per heavy atom. The fraction of sp³-hybridized carbons (Fsp3) is 0. The first-order valence-electron chi connectivity index (χ1n) is 25.9. The molecule has 0 amide bonds. The Bertz CT molecular complexity index is 3880. The van der Waals surface area contributed by atoms with Gasteiger partial charge in [-0.15, -0.1) is 0 Å². The molecule has 10 heteroatoms. The highest BCUT2D eigenvalue weighted by Crippen LogP contribution is 2.49. The third-order valence-corrected chi connectivity index (χ3v) is 21.0. The molecule has 6 aliphatic rings. The molecule has 5 nitrogen and oxygen atoms in total. The summed E-state index contributed by atoms with van der Waals surface area (Å²) in [4.78, 5) is 0. The Labute approximate surface area is 435 Å². The monoisotopic (exact) mass is 957 g/mol. The van der Waals surface area contributed by atoms with Gasteiger partial charge in [0.25, 0.3) is 0 Å². The minimum atomic E-state index is -3.14. The quantitative estimate of drug-likeness (QED) is 0.126. The van der Waals surface area contributed by atoms with Crippen LogP contribution in [0.4, 0.5) is 0 Å². The van der Waals surface area contributed by atoms with Gasteiger partial charge in [0, 0.05) is 16.5 Å². The molecule has 0 N–H and O–H groups in total. The highest BCUT2D eigenvalue weighted by Gasteiger charge is 2.52. The summed E-state index contributed by atoms with van der Waals surface area (Å²) in [6.07, 6.45) is 25.0. The minimum absolute atomic E-state index is 0.0192. The molecule has 0 spiro atoms. The van der Waals surface area contributed by atoms with Crippen molar-refractivity contribution in [1.29, 1.82) is 0 Å². The summed E-state index contributed by atoms with van der Waals surface area (Å²) in [7, 11) is -3.14. The number of allylic oxidation sites excluding steroid dienone is 8. The van der Waals surface area contributed by atoms with Crippen LogP contribution in [0.5, 0.6) is 0 Å². The van der Waals surface area contributed by atoms with Crippen molar-refractivity contribution in [3.05, 3.63) is 291 Å². The first-order valence-corrected chi connectivity index (χ1v) is 27.9. The van der Waals surface area contributed by atoms with Crippen LogP contribution in [0.3, 0.4) is 0 Å². The highest BCUT2D eigenvalue weighted by molar-refractivity contribution is 7.16. The van der Waals surface area contributed by atoms with Crippen LogP contribution in [0, 0.1) is 0 Å². The van der Waals surface area contributed by atoms with Crippen LogP contribution >= 0.6 is 0 Å². The second-order valence-electron chi connectivity index (χ2n) is 20.0. The zero-order valence-corrected chi connectivity index (χ0v) is 41.7. The van der Waals surface area contributed by atoms with Crippen LogP contribution in [-0.4, -0.2) is 59.5 Å². The summed E-state index contributed by atoms with van der Waals surface area (Å²) in [6.45, 7) is -0.0692. The Kier molecular flexibility index (Phi) is 9.92. The van der Waals surface area contributed by atoms with E-state index in [1.54, 1.807) is 0 Å². The van der Waals surface area contributed by atoms with Gasteiger partial charge in [-0.3, -0.25) is 0 Å². The molecule has 1 aromatic heterocycles. The van der Waals surface area contributed by atoms with E-state index in [4.69, 9.17) is 0 Å². The Hall–Kier alpha value is -8.84. The third kappa shape index (κ3) is 6.41. The predicted molar refractivity (Wildman–Crippen MR) is 316 cm³/mol. The van der Waals surface area contributed by atoms with Gasteiger partial charge in [-0.05, 0) is 133 Å². The van der Waals surface area contributed by atoms with Crippen molar-refractivity contribution in [3.63, 3.8) is 0 Å². The first-order chi connectivity index (χ1) is 36.7. The van der Waals surface area contributed by atoms with Crippen molar-refractivity contribution in [1.82, 2.24) is 23.5 Å². The van der Waals surface area contributed by atoms with E-state index in [1.807, 2.05) is 0 Å². The van der Waals surface area contributed by atoms with E-state index in [-0.39, 0.29) is 27.9 Å². The number of hydrogen-bond donors (Lipinski definition) is 0. The van der Waals surface area contributed by atoms with Crippen molar-refractivity contribution in [3.8, 4) is 50.2 Å². The summed E-state index contributed by atoms with van der Waals surface area (Å²) in [5.41, 5.74) is 13.4. The smallest absolute Gasteiger partial charge is 0.380 e. The molecule has 5 aliphatic heterocycles. The summed E-state index contributed by atoms with van der Waals surface area (Å²) < 4.78 is 12.6. The molecule has 9 aromatic rings. The number of fused-ring (bicyclic) bond motifs is 19. The molecular formula is C64H47B4N5Si. The summed E-state index contributed by atoms with van der Waals surface area (Å²) in [5, 5.41) is 7.88. The maximum Gasteiger partial charge on any atom is 0.380 e. The van der Waals surface area contributed by atoms with Gasteiger partial charge in [-0.1, -0.05) is 218 Å².